The molecule has 0 aromatic heterocycles. The molecule has 0 heterocycles. The number of nitrogens with zero attached hydrogens (tertiary/aromatic N) is 1. The number of rotatable bonds is 4. The van der Waals surface area contributed by atoms with Gasteiger partial charge in [0.25, 0.3) is 0 Å². The Balaban J connectivity index is 2.43. The van der Waals surface area contributed by atoms with Crippen molar-refractivity contribution in [2.24, 2.45) is 0 Å². The highest BCUT2D eigenvalue weighted by atomic mass is 16.6. The first-order chi connectivity index (χ1) is 8.77. The number of amides is 1. The zero-order valence-corrected chi connectivity index (χ0v) is 10.4. The lowest BCUT2D eigenvalue weighted by Gasteiger charge is -2.17. The molecule has 0 aliphatic heterocycles. The van der Waals surface area contributed by atoms with Gasteiger partial charge in [-0.1, -0.05) is 42.2 Å². The Hall–Kier alpha value is -1.99. The van der Waals surface area contributed by atoms with Crippen LogP contribution in [0.3, 0.4) is 0 Å². The molecule has 1 aromatic rings. The van der Waals surface area contributed by atoms with E-state index in [0.29, 0.717) is 6.54 Å². The van der Waals surface area contributed by atoms with Gasteiger partial charge in [-0.15, -0.1) is 0 Å². The van der Waals surface area contributed by atoms with Crippen molar-refractivity contribution < 1.29 is 14.6 Å². The first-order valence-electron chi connectivity index (χ1n) is 5.80. The van der Waals surface area contributed by atoms with Gasteiger partial charge in [0.05, 0.1) is 6.54 Å². The van der Waals surface area contributed by atoms with Crippen LogP contribution in [0.5, 0.6) is 0 Å². The molecule has 1 amide bonds. The van der Waals surface area contributed by atoms with Crippen molar-refractivity contribution in [3.05, 3.63) is 35.9 Å². The second-order valence-electron chi connectivity index (χ2n) is 3.57. The molecule has 1 aromatic carbocycles. The molecule has 96 valence electrons. The second kappa shape index (κ2) is 8.15. The minimum atomic E-state index is -0.395. The predicted molar refractivity (Wildman–Crippen MR) is 68.7 cm³/mol. The fourth-order valence-electron chi connectivity index (χ4n) is 1.32. The van der Waals surface area contributed by atoms with Crippen LogP contribution in [0.2, 0.25) is 0 Å². The molecule has 0 saturated carbocycles. The van der Waals surface area contributed by atoms with E-state index in [1.54, 1.807) is 0 Å². The zero-order valence-electron chi connectivity index (χ0n) is 10.4. The Morgan fingerprint density at radius 2 is 2.06 bits per heavy atom. The molecule has 0 spiro atoms. The Labute approximate surface area is 107 Å². The van der Waals surface area contributed by atoms with Crippen LogP contribution in [0.4, 0.5) is 4.79 Å². The topological polar surface area (TPSA) is 49.8 Å². The Morgan fingerprint density at radius 1 is 1.33 bits per heavy atom. The number of benzene rings is 1. The van der Waals surface area contributed by atoms with Crippen molar-refractivity contribution in [1.82, 2.24) is 4.90 Å². The number of carbonyl (C=O) groups excluding carboxylic acids is 1. The van der Waals surface area contributed by atoms with Crippen LogP contribution in [-0.2, 0) is 11.3 Å². The smallest absolute Gasteiger partial charge is 0.410 e. The standard InChI is InChI=1S/C14H17NO3/c1-2-15(10-6-7-11-16)14(17)18-12-13-8-4-3-5-9-13/h3-5,8-9,16H,2,10-12H2,1H3. The van der Waals surface area contributed by atoms with E-state index >= 15 is 0 Å². The van der Waals surface area contributed by atoms with E-state index in [1.165, 1.54) is 4.90 Å². The van der Waals surface area contributed by atoms with Gasteiger partial charge in [0.15, 0.2) is 0 Å². The number of aliphatic hydroxyl groups is 1. The van der Waals surface area contributed by atoms with Gasteiger partial charge in [-0.3, -0.25) is 4.90 Å². The van der Waals surface area contributed by atoms with E-state index in [4.69, 9.17) is 9.84 Å². The maximum atomic E-state index is 11.7. The van der Waals surface area contributed by atoms with Crippen LogP contribution in [-0.4, -0.2) is 35.8 Å². The normalized spacial score (nSPS) is 9.22. The number of hydrogen-bond donors (Lipinski definition) is 1. The third-order valence-electron chi connectivity index (χ3n) is 2.32. The quantitative estimate of drug-likeness (QED) is 0.823. The zero-order chi connectivity index (χ0) is 13.2. The van der Waals surface area contributed by atoms with E-state index in [1.807, 2.05) is 37.3 Å². The van der Waals surface area contributed by atoms with E-state index in [2.05, 4.69) is 11.8 Å². The van der Waals surface area contributed by atoms with Crippen molar-refractivity contribution in [3.63, 3.8) is 0 Å². The molecule has 0 radical (unpaired) electrons. The summed E-state index contributed by atoms with van der Waals surface area (Å²) in [4.78, 5) is 13.2. The number of aliphatic hydroxyl groups excluding tert-OH is 1. The van der Waals surface area contributed by atoms with Crippen LogP contribution in [0.1, 0.15) is 12.5 Å². The van der Waals surface area contributed by atoms with Crippen LogP contribution < -0.4 is 0 Å². The molecule has 0 aliphatic rings. The fraction of sp³-hybridized carbons (Fsp3) is 0.357. The van der Waals surface area contributed by atoms with Gasteiger partial charge in [-0.2, -0.15) is 0 Å². The summed E-state index contributed by atoms with van der Waals surface area (Å²) in [7, 11) is 0. The summed E-state index contributed by atoms with van der Waals surface area (Å²) in [5.74, 6) is 5.19. The van der Waals surface area contributed by atoms with Crippen molar-refractivity contribution in [2.75, 3.05) is 19.7 Å². The highest BCUT2D eigenvalue weighted by Gasteiger charge is 2.11. The molecule has 1 N–H and O–H groups in total. The summed E-state index contributed by atoms with van der Waals surface area (Å²) in [5, 5.41) is 8.53. The minimum Gasteiger partial charge on any atom is -0.445 e. The van der Waals surface area contributed by atoms with Gasteiger partial charge in [0, 0.05) is 6.54 Å². The fourth-order valence-corrected chi connectivity index (χ4v) is 1.32. The van der Waals surface area contributed by atoms with Crippen LogP contribution in [0.25, 0.3) is 0 Å². The molecule has 1 rings (SSSR count). The summed E-state index contributed by atoms with van der Waals surface area (Å²) >= 11 is 0. The minimum absolute atomic E-state index is 0.198. The first kappa shape index (κ1) is 14.1. The molecule has 0 aliphatic carbocycles. The summed E-state index contributed by atoms with van der Waals surface area (Å²) in [5.41, 5.74) is 0.948. The SMILES string of the molecule is CCN(CC#CCO)C(=O)OCc1ccccc1. The van der Waals surface area contributed by atoms with Gasteiger partial charge in [0.2, 0.25) is 0 Å². The Kier molecular flexibility index (Phi) is 6.37. The van der Waals surface area contributed by atoms with Crippen molar-refractivity contribution >= 4 is 6.09 Å². The van der Waals surface area contributed by atoms with Gasteiger partial charge >= 0.3 is 6.09 Å². The molecule has 0 bridgehead atoms. The molecular weight excluding hydrogens is 230 g/mol. The van der Waals surface area contributed by atoms with E-state index in [0.717, 1.165) is 5.56 Å². The first-order valence-corrected chi connectivity index (χ1v) is 5.80. The summed E-state index contributed by atoms with van der Waals surface area (Å²) in [6.45, 7) is 2.70. The van der Waals surface area contributed by atoms with Crippen molar-refractivity contribution in [2.45, 2.75) is 13.5 Å². The van der Waals surface area contributed by atoms with Gasteiger partial charge in [-0.25, -0.2) is 4.79 Å². The maximum absolute atomic E-state index is 11.7. The highest BCUT2D eigenvalue weighted by Crippen LogP contribution is 2.02. The van der Waals surface area contributed by atoms with Crippen LogP contribution >= 0.6 is 0 Å². The average molecular weight is 247 g/mol. The van der Waals surface area contributed by atoms with Gasteiger partial charge < -0.3 is 9.84 Å². The second-order valence-corrected chi connectivity index (χ2v) is 3.57. The lowest BCUT2D eigenvalue weighted by molar-refractivity contribution is 0.102. The monoisotopic (exact) mass is 247 g/mol. The molecule has 0 unspecified atom stereocenters. The number of ether oxygens (including phenoxy) is 1. The third kappa shape index (κ3) is 4.89. The molecule has 0 fully saturated rings. The molecule has 4 heteroatoms. The lowest BCUT2D eigenvalue weighted by atomic mass is 10.2. The highest BCUT2D eigenvalue weighted by molar-refractivity contribution is 5.67. The van der Waals surface area contributed by atoms with Gasteiger partial charge in [-0.05, 0) is 12.5 Å². The third-order valence-corrected chi connectivity index (χ3v) is 2.32. The molecule has 0 atom stereocenters. The maximum Gasteiger partial charge on any atom is 0.410 e. The Morgan fingerprint density at radius 3 is 2.67 bits per heavy atom. The van der Waals surface area contributed by atoms with Crippen molar-refractivity contribution in [1.29, 1.82) is 0 Å². The van der Waals surface area contributed by atoms with Crippen LogP contribution in [0, 0.1) is 11.8 Å². The van der Waals surface area contributed by atoms with Gasteiger partial charge in [0.1, 0.15) is 13.2 Å². The van der Waals surface area contributed by atoms with E-state index in [-0.39, 0.29) is 19.8 Å². The molecule has 0 saturated heterocycles. The largest absolute Gasteiger partial charge is 0.445 e. The predicted octanol–water partition coefficient (Wildman–Crippen LogP) is 1.64. The molecule has 18 heavy (non-hydrogen) atoms. The average Bonchev–Trinajstić information content (AvgIpc) is 2.42. The summed E-state index contributed by atoms with van der Waals surface area (Å²) in [6, 6.07) is 9.50. The summed E-state index contributed by atoms with van der Waals surface area (Å²) < 4.78 is 5.17. The lowest BCUT2D eigenvalue weighted by Crippen LogP contribution is -2.31. The number of hydrogen-bond acceptors (Lipinski definition) is 3. The van der Waals surface area contributed by atoms with E-state index in [9.17, 15) is 4.79 Å². The van der Waals surface area contributed by atoms with E-state index < -0.39 is 6.09 Å². The summed E-state index contributed by atoms with van der Waals surface area (Å²) in [6.07, 6.45) is -0.395. The number of carbonyl (C=O) groups is 1. The molecule has 4 nitrogen and oxygen atoms in total. The molecular formula is C14H17NO3. The van der Waals surface area contributed by atoms with Crippen LogP contribution in [0.15, 0.2) is 30.3 Å². The Bertz CT molecular complexity index is 420. The van der Waals surface area contributed by atoms with Crippen molar-refractivity contribution in [3.8, 4) is 11.8 Å².